The van der Waals surface area contributed by atoms with Gasteiger partial charge >= 0.3 is 6.18 Å². The zero-order chi connectivity index (χ0) is 25.2. The van der Waals surface area contributed by atoms with E-state index in [9.17, 15) is 22.4 Å². The summed E-state index contributed by atoms with van der Waals surface area (Å²) in [5.41, 5.74) is 2.32. The molecule has 0 amide bonds. The van der Waals surface area contributed by atoms with E-state index in [1.165, 1.54) is 23.5 Å². The fourth-order valence-corrected chi connectivity index (χ4v) is 4.62. The fraction of sp³-hybridized carbons (Fsp3) is 0.318. The monoisotopic (exact) mass is 510 g/mol. The van der Waals surface area contributed by atoms with Crippen molar-refractivity contribution >= 4 is 17.2 Å². The predicted octanol–water partition coefficient (Wildman–Crippen LogP) is 3.99. The summed E-state index contributed by atoms with van der Waals surface area (Å²) in [5, 5.41) is 4.06. The van der Waals surface area contributed by atoms with E-state index >= 15 is 0 Å². The van der Waals surface area contributed by atoms with E-state index < -0.39 is 24.0 Å². The molecule has 0 radical (unpaired) electrons. The van der Waals surface area contributed by atoms with Gasteiger partial charge < -0.3 is 21.0 Å². The van der Waals surface area contributed by atoms with Crippen molar-refractivity contribution < 1.29 is 22.3 Å². The molecule has 2 heterocycles. The van der Waals surface area contributed by atoms with Crippen LogP contribution in [-0.2, 0) is 0 Å². The van der Waals surface area contributed by atoms with Gasteiger partial charge in [0, 0.05) is 34.7 Å². The van der Waals surface area contributed by atoms with Gasteiger partial charge in [-0.1, -0.05) is 0 Å². The van der Waals surface area contributed by atoms with Gasteiger partial charge in [0.05, 0.1) is 17.9 Å². The predicted molar refractivity (Wildman–Crippen MR) is 124 cm³/mol. The van der Waals surface area contributed by atoms with Crippen LogP contribution < -0.4 is 27.4 Å². The Hall–Kier alpha value is -3.45. The lowest BCUT2D eigenvalue weighted by molar-refractivity contribution is -0.136. The number of hydrogen-bond acceptors (Lipinski definition) is 7. The van der Waals surface area contributed by atoms with Crippen molar-refractivity contribution in [1.82, 2.24) is 15.4 Å². The highest BCUT2D eigenvalue weighted by Gasteiger charge is 2.28. The zero-order valence-electron chi connectivity index (χ0n) is 18.3. The molecule has 186 valence electrons. The minimum absolute atomic E-state index is 0.0560. The molecule has 6 N–H and O–H groups in total. The molecule has 0 bridgehead atoms. The van der Waals surface area contributed by atoms with E-state index in [-0.39, 0.29) is 41.4 Å². The second-order valence-corrected chi connectivity index (χ2v) is 9.04. The molecule has 0 aliphatic heterocycles. The van der Waals surface area contributed by atoms with Crippen LogP contribution in [0.25, 0.3) is 21.8 Å². The number of thiazole rings is 1. The molecule has 8 nitrogen and oxygen atoms in total. The number of pyridine rings is 1. The molecular formula is C22H22F4N6O2S. The number of hydrazine groups is 1. The Labute approximate surface area is 201 Å². The maximum atomic E-state index is 14.9. The van der Waals surface area contributed by atoms with Crippen LogP contribution in [0.2, 0.25) is 0 Å². The van der Waals surface area contributed by atoms with Crippen LogP contribution in [0.3, 0.4) is 0 Å². The van der Waals surface area contributed by atoms with Gasteiger partial charge in [0.1, 0.15) is 16.6 Å². The molecule has 1 fully saturated rings. The van der Waals surface area contributed by atoms with Gasteiger partial charge in [0.2, 0.25) is 0 Å². The molecule has 35 heavy (non-hydrogen) atoms. The molecule has 1 aliphatic rings. The number of hydrogen-bond donors (Lipinski definition) is 4. The maximum absolute atomic E-state index is 14.9. The van der Waals surface area contributed by atoms with Crippen molar-refractivity contribution in [2.75, 3.05) is 6.61 Å². The first-order valence-corrected chi connectivity index (χ1v) is 11.5. The number of amidine groups is 1. The smallest absolute Gasteiger partial charge is 0.389 e. The van der Waals surface area contributed by atoms with Gasteiger partial charge in [-0.2, -0.15) is 18.3 Å². The topological polar surface area (TPSA) is 131 Å². The Morgan fingerprint density at radius 1 is 1.29 bits per heavy atom. The zero-order valence-corrected chi connectivity index (χ0v) is 19.1. The molecule has 1 aromatic carbocycles. The molecule has 2 aromatic heterocycles. The lowest BCUT2D eigenvalue weighted by Gasteiger charge is -2.13. The summed E-state index contributed by atoms with van der Waals surface area (Å²) in [7, 11) is 0. The summed E-state index contributed by atoms with van der Waals surface area (Å²) in [4.78, 5) is 21.1. The third-order valence-electron chi connectivity index (χ3n) is 5.37. The molecular weight excluding hydrogens is 488 g/mol. The second kappa shape index (κ2) is 10.0. The maximum Gasteiger partial charge on any atom is 0.389 e. The lowest BCUT2D eigenvalue weighted by Crippen LogP contribution is -2.36. The minimum Gasteiger partial charge on any atom is -0.493 e. The van der Waals surface area contributed by atoms with Crippen LogP contribution in [0.1, 0.15) is 42.0 Å². The number of benzene rings is 1. The van der Waals surface area contributed by atoms with E-state index in [2.05, 4.69) is 20.5 Å². The third kappa shape index (κ3) is 5.80. The van der Waals surface area contributed by atoms with E-state index in [0.29, 0.717) is 16.5 Å². The standard InChI is InChI=1S/C22H22F4N6O2S/c23-15-8-12(34-7-1-6-22(24,25)26)4-5-13(15)16-9-14(18(20(33)30-16)19(31-27)32-28)21-29-10-17(35-21)11-2-3-11/h4-5,8-11H,1-3,6-7,27-28H2,(H,30,33)(H,31,32). The van der Waals surface area contributed by atoms with Crippen LogP contribution in [0.5, 0.6) is 5.75 Å². The van der Waals surface area contributed by atoms with Crippen molar-refractivity contribution in [3.63, 3.8) is 0 Å². The Bertz CT molecular complexity index is 1300. The summed E-state index contributed by atoms with van der Waals surface area (Å²) in [6.07, 6.45) is -1.62. The lowest BCUT2D eigenvalue weighted by atomic mass is 10.0. The highest BCUT2D eigenvalue weighted by atomic mass is 32.1. The number of hydrazone groups is 1. The van der Waals surface area contributed by atoms with E-state index in [1.54, 1.807) is 12.3 Å². The molecule has 1 saturated carbocycles. The van der Waals surface area contributed by atoms with Crippen molar-refractivity contribution in [2.45, 2.75) is 37.8 Å². The summed E-state index contributed by atoms with van der Waals surface area (Å²) in [6.45, 7) is -0.214. The highest BCUT2D eigenvalue weighted by Crippen LogP contribution is 2.44. The summed E-state index contributed by atoms with van der Waals surface area (Å²) in [5.74, 6) is 10.6. The van der Waals surface area contributed by atoms with E-state index in [0.717, 1.165) is 23.8 Å². The Kier molecular flexibility index (Phi) is 7.08. The number of aromatic amines is 1. The average molecular weight is 511 g/mol. The number of aromatic nitrogens is 2. The van der Waals surface area contributed by atoms with E-state index in [4.69, 9.17) is 16.4 Å². The molecule has 3 aromatic rings. The molecule has 4 rings (SSSR count). The van der Waals surface area contributed by atoms with Crippen LogP contribution in [-0.4, -0.2) is 28.6 Å². The van der Waals surface area contributed by atoms with Crippen molar-refractivity contribution in [3.8, 4) is 27.6 Å². The van der Waals surface area contributed by atoms with Gasteiger partial charge in [-0.25, -0.2) is 15.2 Å². The van der Waals surface area contributed by atoms with Crippen molar-refractivity contribution in [3.05, 3.63) is 57.1 Å². The molecule has 0 atom stereocenters. The van der Waals surface area contributed by atoms with Crippen molar-refractivity contribution in [1.29, 1.82) is 0 Å². The first-order chi connectivity index (χ1) is 16.7. The van der Waals surface area contributed by atoms with Gasteiger partial charge in [-0.15, -0.1) is 11.3 Å². The van der Waals surface area contributed by atoms with Crippen LogP contribution >= 0.6 is 11.3 Å². The summed E-state index contributed by atoms with van der Waals surface area (Å²) < 4.78 is 57.0. The normalized spacial score (nSPS) is 14.3. The first kappa shape index (κ1) is 24.7. The highest BCUT2D eigenvalue weighted by molar-refractivity contribution is 7.15. The largest absolute Gasteiger partial charge is 0.493 e. The van der Waals surface area contributed by atoms with Crippen LogP contribution in [0.15, 0.2) is 40.4 Å². The quantitative estimate of drug-likeness (QED) is 0.0905. The fourth-order valence-electron chi connectivity index (χ4n) is 3.52. The number of nitrogens with one attached hydrogen (secondary N) is 2. The molecule has 1 aliphatic carbocycles. The number of nitrogens with two attached hydrogens (primary N) is 2. The Morgan fingerprint density at radius 2 is 2.06 bits per heavy atom. The van der Waals surface area contributed by atoms with Gasteiger partial charge in [-0.05, 0) is 43.4 Å². The number of rotatable bonds is 8. The Morgan fingerprint density at radius 3 is 2.69 bits per heavy atom. The molecule has 0 unspecified atom stereocenters. The van der Waals surface area contributed by atoms with Crippen molar-refractivity contribution in [2.24, 2.45) is 16.8 Å². The number of H-pyrrole nitrogens is 1. The van der Waals surface area contributed by atoms with E-state index in [1.807, 2.05) is 0 Å². The van der Waals surface area contributed by atoms with Gasteiger partial charge in [0.25, 0.3) is 5.56 Å². The number of halogens is 4. The minimum atomic E-state index is -4.28. The summed E-state index contributed by atoms with van der Waals surface area (Å²) in [6, 6.07) is 5.40. The van der Waals surface area contributed by atoms with Gasteiger partial charge in [-0.3, -0.25) is 4.79 Å². The Balaban J connectivity index is 1.67. The average Bonchev–Trinajstić information content (AvgIpc) is 3.54. The molecule has 13 heteroatoms. The van der Waals surface area contributed by atoms with Gasteiger partial charge in [0.15, 0.2) is 5.84 Å². The summed E-state index contributed by atoms with van der Waals surface area (Å²) >= 11 is 1.42. The number of ether oxygens (including phenoxy) is 1. The van der Waals surface area contributed by atoms with Crippen LogP contribution in [0.4, 0.5) is 17.6 Å². The number of nitrogens with zero attached hydrogens (tertiary/aromatic N) is 2. The number of alkyl halides is 3. The molecule has 0 spiro atoms. The molecule has 0 saturated heterocycles. The second-order valence-electron chi connectivity index (χ2n) is 7.97. The third-order valence-corrected chi connectivity index (χ3v) is 6.57. The SMILES string of the molecule is N/N=C(\NN)c1c(-c2ncc(C3CC3)s2)cc(-c2ccc(OCCCC(F)(F)F)cc2F)[nH]c1=O. The first-order valence-electron chi connectivity index (χ1n) is 10.7. The van der Waals surface area contributed by atoms with Crippen LogP contribution in [0, 0.1) is 5.82 Å².